The third kappa shape index (κ3) is 35.3. The van der Waals surface area contributed by atoms with E-state index in [4.69, 9.17) is 83.8 Å². The molecule has 26 nitrogen and oxygen atoms in total. The van der Waals surface area contributed by atoms with E-state index in [0.29, 0.717) is 139 Å². The Morgan fingerprint density at radius 2 is 0.692 bits per heavy atom. The number of nitrogens with zero attached hydrogens (tertiary/aromatic N) is 14. The summed E-state index contributed by atoms with van der Waals surface area (Å²) in [4.78, 5) is 110. The molecule has 0 unspecified atom stereocenters. The summed E-state index contributed by atoms with van der Waals surface area (Å²) in [5, 5.41) is 19.7. The van der Waals surface area contributed by atoms with Gasteiger partial charge in [0.15, 0.2) is 11.6 Å². The van der Waals surface area contributed by atoms with Crippen LogP contribution in [-0.2, 0) is 75.2 Å². The van der Waals surface area contributed by atoms with Gasteiger partial charge in [0.05, 0.1) is 73.2 Å². The molecule has 0 spiro atoms. The van der Waals surface area contributed by atoms with E-state index in [0.717, 1.165) is 205 Å². The molecule has 18 rings (SSSR count). The number of carbonyl (C=O) groups excluding carboxylic acids is 2. The molecular formula is C111H149Cl6N15O11. The highest BCUT2D eigenvalue weighted by Gasteiger charge is 2.31. The van der Waals surface area contributed by atoms with Crippen molar-refractivity contribution in [1.82, 2.24) is 62.7 Å². The zero-order valence-electron chi connectivity index (χ0n) is 86.4. The number of hydrogen-bond acceptors (Lipinski definition) is 17. The van der Waals surface area contributed by atoms with Gasteiger partial charge in [-0.05, 0) is 249 Å². The van der Waals surface area contributed by atoms with E-state index in [1.807, 2.05) is 70.0 Å². The normalized spacial score (nSPS) is 17.0. The maximum Gasteiger partial charge on any atom is 0.259 e. The van der Waals surface area contributed by atoms with E-state index in [1.54, 1.807) is 102 Å². The number of hydrogen-bond donors (Lipinski definition) is 1. The van der Waals surface area contributed by atoms with Crippen LogP contribution in [0.15, 0.2) is 163 Å². The molecule has 2 amide bonds. The largest absolute Gasteiger partial charge is 0.381 e. The van der Waals surface area contributed by atoms with Crippen LogP contribution in [0, 0.1) is 47.3 Å². The van der Waals surface area contributed by atoms with Crippen LogP contribution in [0.1, 0.15) is 287 Å². The number of ether oxygens (including phenoxy) is 3. The average molecular weight is 2080 g/mol. The van der Waals surface area contributed by atoms with E-state index < -0.39 is 0 Å². The van der Waals surface area contributed by atoms with E-state index in [2.05, 4.69) is 141 Å². The minimum atomic E-state index is -0.0680. The Hall–Kier alpha value is -9.19. The summed E-state index contributed by atoms with van der Waals surface area (Å²) in [6.45, 7) is 41.5. The van der Waals surface area contributed by atoms with Crippen LogP contribution in [0.4, 0.5) is 11.6 Å². The maximum atomic E-state index is 12.5. The van der Waals surface area contributed by atoms with Crippen LogP contribution in [0.3, 0.4) is 0 Å². The number of halogens is 6. The van der Waals surface area contributed by atoms with Crippen molar-refractivity contribution in [2.45, 2.75) is 288 Å². The van der Waals surface area contributed by atoms with Gasteiger partial charge in [0.1, 0.15) is 11.6 Å². The van der Waals surface area contributed by atoms with Crippen LogP contribution in [-0.4, -0.2) is 135 Å². The van der Waals surface area contributed by atoms with Crippen LogP contribution in [0.2, 0.25) is 30.1 Å². The summed E-state index contributed by atoms with van der Waals surface area (Å²) < 4.78 is 28.3. The number of amides is 2. The highest BCUT2D eigenvalue weighted by atomic mass is 35.5. The number of anilines is 2. The first kappa shape index (κ1) is 114. The van der Waals surface area contributed by atoms with E-state index in [1.165, 1.54) is 30.3 Å². The van der Waals surface area contributed by atoms with Gasteiger partial charge in [0.2, 0.25) is 11.8 Å². The second kappa shape index (κ2) is 55.5. The van der Waals surface area contributed by atoms with Gasteiger partial charge in [-0.15, -0.1) is 5.10 Å². The molecular weight excluding hydrogens is 1930 g/mol. The molecule has 0 radical (unpaired) electrons. The molecule has 8 fully saturated rings. The van der Waals surface area contributed by atoms with E-state index >= 15 is 0 Å². The van der Waals surface area contributed by atoms with Crippen molar-refractivity contribution in [3.63, 3.8) is 0 Å². The van der Waals surface area contributed by atoms with Crippen molar-refractivity contribution in [2.75, 3.05) is 75.6 Å². The van der Waals surface area contributed by atoms with E-state index in [-0.39, 0.29) is 69.3 Å². The fourth-order valence-electron chi connectivity index (χ4n) is 18.1. The Morgan fingerprint density at radius 1 is 0.336 bits per heavy atom. The molecule has 16 heterocycles. The van der Waals surface area contributed by atoms with Crippen LogP contribution >= 0.6 is 69.6 Å². The van der Waals surface area contributed by atoms with Gasteiger partial charge >= 0.3 is 0 Å². The van der Waals surface area contributed by atoms with Gasteiger partial charge in [-0.1, -0.05) is 193 Å². The predicted molar refractivity (Wildman–Crippen MR) is 578 cm³/mol. The van der Waals surface area contributed by atoms with Gasteiger partial charge in [0.25, 0.3) is 33.4 Å². The molecule has 0 bridgehead atoms. The summed E-state index contributed by atoms with van der Waals surface area (Å²) in [7, 11) is 0. The van der Waals surface area contributed by atoms with Crippen molar-refractivity contribution < 1.29 is 23.8 Å². The third-order valence-corrected chi connectivity index (χ3v) is 26.5. The van der Waals surface area contributed by atoms with Crippen molar-refractivity contribution in [2.24, 2.45) is 47.3 Å². The lowest BCUT2D eigenvalue weighted by atomic mass is 10.0. The average Bonchev–Trinajstić information content (AvgIpc) is 1.62. The summed E-state index contributed by atoms with van der Waals surface area (Å²) in [6, 6.07) is 29.5. The molecule has 6 saturated heterocycles. The van der Waals surface area contributed by atoms with Gasteiger partial charge in [-0.25, -0.2) is 9.97 Å². The fourth-order valence-corrected chi connectivity index (χ4v) is 19.5. The van der Waals surface area contributed by atoms with Crippen molar-refractivity contribution in [3.05, 3.63) is 277 Å². The topological polar surface area (TPSA) is 282 Å². The highest BCUT2D eigenvalue weighted by molar-refractivity contribution is 6.32. The van der Waals surface area contributed by atoms with Gasteiger partial charge in [-0.2, -0.15) is 10.2 Å². The van der Waals surface area contributed by atoms with Crippen molar-refractivity contribution in [3.8, 4) is 11.6 Å². The van der Waals surface area contributed by atoms with Crippen LogP contribution < -0.4 is 48.5 Å². The third-order valence-electron chi connectivity index (χ3n) is 25.2. The predicted octanol–water partition coefficient (Wildman–Crippen LogP) is 22.4. The fraction of sp³-hybridized carbons (Fsp3) is 0.559. The second-order valence-corrected chi connectivity index (χ2v) is 44.8. The molecule has 2 atom stereocenters. The second-order valence-electron chi connectivity index (χ2n) is 42.2. The number of nitrogens with one attached hydrogen (secondary N) is 1. The molecule has 143 heavy (non-hydrogen) atoms. The SMILES string of the molecule is CC(C)Cc1cc(Cl)cn(-c2ccc(C3CC3)nn2)c1=O.CC(C)Cc1cc(Cl)cn(-c2ccn(C3CC3)n2)c1=O.CC(C)Cc1cc(Cl)cn(C2CCOCC2)c1=O.CC(C)Cc1cc(Cl)cn(C2CNC2)c1=O.CC(C)Cc1cc(Cl)cn([C@@H]2CCCOC2)c1=O.CC(C)Cc1cc(Cl)cn([C@H]2CCCOC2)c1=O.CC(C)Cc1cccc(N2CCCC2=O)n1.CC(C)Cc1cccc(N2CCCC2=O)n1. The number of pyridine rings is 8. The number of aromatic nitrogens is 12. The Kier molecular flexibility index (Phi) is 44.3. The molecule has 1 N–H and O–H groups in total. The summed E-state index contributed by atoms with van der Waals surface area (Å²) in [6.07, 6.45) is 32.4. The van der Waals surface area contributed by atoms with Crippen LogP contribution in [0.5, 0.6) is 0 Å². The maximum absolute atomic E-state index is 12.5. The molecule has 0 aromatic carbocycles. The molecule has 2 aliphatic carbocycles. The molecule has 6 aliphatic heterocycles. The minimum absolute atomic E-state index is 0.0239. The zero-order valence-corrected chi connectivity index (χ0v) is 91.0. The van der Waals surface area contributed by atoms with Gasteiger partial charge < -0.3 is 37.8 Å². The monoisotopic (exact) mass is 2080 g/mol. The van der Waals surface area contributed by atoms with Gasteiger partial charge in [0, 0.05) is 172 Å². The number of carbonyl (C=O) groups is 2. The molecule has 776 valence electrons. The first-order chi connectivity index (χ1) is 68.2. The van der Waals surface area contributed by atoms with Crippen molar-refractivity contribution >= 4 is 93.1 Å². The molecule has 10 aromatic rings. The molecule has 32 heteroatoms. The lowest BCUT2D eigenvalue weighted by Crippen LogP contribution is -2.47. The Labute approximate surface area is 873 Å². The van der Waals surface area contributed by atoms with Gasteiger partial charge in [-0.3, -0.25) is 62.0 Å². The van der Waals surface area contributed by atoms with Crippen LogP contribution in [0.25, 0.3) is 11.6 Å². The first-order valence-corrected chi connectivity index (χ1v) is 53.8. The summed E-state index contributed by atoms with van der Waals surface area (Å²) in [5.74, 6) is 7.61. The Morgan fingerprint density at radius 3 is 1.01 bits per heavy atom. The number of rotatable bonds is 26. The Balaban J connectivity index is 0.000000156. The summed E-state index contributed by atoms with van der Waals surface area (Å²) >= 11 is 36.7. The lowest BCUT2D eigenvalue weighted by molar-refractivity contribution is -0.117. The standard InChI is InChI=1S/C16H18ClN3O.C15H18ClN3O.3C14H20ClNO2.2C13H18N2O.C12H17ClN2O/c1-10(2)7-12-8-13(17)9-20(16(12)21)15-6-5-14(18-19-15)11-3-4-11;1-10(2)7-11-8-12(16)9-18(15(11)20)14-5-6-19(17-14)13-3-4-13;1-10(2)7-11-8-12(15)9-16(14(11)17)13-3-5-18-6-4-13;2*1-10(2)6-11-7-12(15)8-16(14(11)17)13-4-3-5-18-9-13;2*1-10(2)9-11-5-3-6-12(14-11)15-8-4-7-13(15)16;1-8(2)3-9-4-10(13)7-15(12(9)16)11-5-14-6-11/h5-6,8-11H,3-4,7H2,1-2H3;5-6,8-10,13H,3-4,7H2,1-2H3;8-10,13H,3-7H2,1-2H3;2*7-8,10,13H,3-6,9H2,1-2H3;2*3,5-6,10H,4,7-9H2,1-2H3;4,7-8,11,14H,3,5-6H2,1-2H3/t;;;2*13-;;;/m...10.../s1. The highest BCUT2D eigenvalue weighted by Crippen LogP contribution is 2.39. The quantitative estimate of drug-likeness (QED) is 0.0527. The Bertz CT molecular complexity index is 5910. The smallest absolute Gasteiger partial charge is 0.259 e. The molecule has 2 saturated carbocycles. The zero-order chi connectivity index (χ0) is 103. The van der Waals surface area contributed by atoms with E-state index in [9.17, 15) is 38.4 Å². The first-order valence-electron chi connectivity index (χ1n) is 51.5. The van der Waals surface area contributed by atoms with Crippen molar-refractivity contribution in [1.29, 1.82) is 0 Å². The minimum Gasteiger partial charge on any atom is -0.381 e. The lowest BCUT2D eigenvalue weighted by Gasteiger charge is -2.29. The molecule has 8 aliphatic rings. The molecule has 10 aromatic heterocycles. The summed E-state index contributed by atoms with van der Waals surface area (Å²) in [5.41, 5.74) is 8.20.